The first-order valence-corrected chi connectivity index (χ1v) is 9.84. The van der Waals surface area contributed by atoms with Crippen LogP contribution in [-0.4, -0.2) is 10.2 Å². The van der Waals surface area contributed by atoms with E-state index in [1.807, 2.05) is 0 Å². The van der Waals surface area contributed by atoms with Gasteiger partial charge in [0.15, 0.2) is 0 Å². The molecule has 4 rings (SSSR count). The van der Waals surface area contributed by atoms with E-state index >= 15 is 0 Å². The maximum absolute atomic E-state index is 4.41. The third kappa shape index (κ3) is 3.63. The molecule has 26 heavy (non-hydrogen) atoms. The number of thioether (sulfide) groups is 1. The number of benzene rings is 3. The van der Waals surface area contributed by atoms with E-state index in [0.29, 0.717) is 0 Å². The Morgan fingerprint density at radius 2 is 1.58 bits per heavy atom. The third-order valence-electron chi connectivity index (χ3n) is 4.55. The number of rotatable bonds is 5. The van der Waals surface area contributed by atoms with E-state index in [1.54, 1.807) is 11.8 Å². The van der Waals surface area contributed by atoms with Crippen molar-refractivity contribution in [3.63, 3.8) is 0 Å². The van der Waals surface area contributed by atoms with Crippen LogP contribution < -0.4 is 0 Å². The minimum atomic E-state index is 0.889. The zero-order valence-corrected chi connectivity index (χ0v) is 15.5. The average Bonchev–Trinajstić information content (AvgIpc) is 2.73. The van der Waals surface area contributed by atoms with Crippen LogP contribution in [0.4, 0.5) is 0 Å². The Labute approximate surface area is 158 Å². The van der Waals surface area contributed by atoms with Crippen molar-refractivity contribution in [2.75, 3.05) is 0 Å². The molecular weight excluding hydrogens is 336 g/mol. The standard InChI is InChI=1S/C23H20N2S/c1-2-17-10-12-19(13-11-17)22-14-15-23(25-24-22)26-16-20-8-5-7-18-6-3-4-9-21(18)20/h3-15H,2,16H2,1H3. The van der Waals surface area contributed by atoms with E-state index in [2.05, 4.69) is 96.0 Å². The molecule has 128 valence electrons. The van der Waals surface area contributed by atoms with Crippen molar-refractivity contribution in [2.45, 2.75) is 24.1 Å². The van der Waals surface area contributed by atoms with Crippen molar-refractivity contribution in [3.8, 4) is 11.3 Å². The molecule has 0 aliphatic carbocycles. The summed E-state index contributed by atoms with van der Waals surface area (Å²) in [5.41, 5.74) is 4.69. The largest absolute Gasteiger partial charge is 0.149 e. The second-order valence-corrected chi connectivity index (χ2v) is 7.23. The molecule has 0 amide bonds. The predicted octanol–water partition coefficient (Wildman–Crippen LogP) is 6.15. The van der Waals surface area contributed by atoms with E-state index in [-0.39, 0.29) is 0 Å². The topological polar surface area (TPSA) is 25.8 Å². The molecule has 2 nitrogen and oxygen atoms in total. The molecule has 0 saturated carbocycles. The molecule has 0 saturated heterocycles. The molecule has 0 spiro atoms. The maximum atomic E-state index is 4.41. The van der Waals surface area contributed by atoms with Crippen LogP contribution in [0.1, 0.15) is 18.1 Å². The zero-order valence-electron chi connectivity index (χ0n) is 14.7. The van der Waals surface area contributed by atoms with Crippen molar-refractivity contribution in [3.05, 3.63) is 90.0 Å². The molecule has 3 aromatic carbocycles. The van der Waals surface area contributed by atoms with Gasteiger partial charge in [0, 0.05) is 11.3 Å². The normalized spacial score (nSPS) is 11.0. The Kier molecular flexibility index (Phi) is 4.98. The Morgan fingerprint density at radius 3 is 2.35 bits per heavy atom. The molecule has 0 atom stereocenters. The number of hydrogen-bond donors (Lipinski definition) is 0. The molecule has 0 aliphatic heterocycles. The SMILES string of the molecule is CCc1ccc(-c2ccc(SCc3cccc4ccccc34)nn2)cc1. The summed E-state index contributed by atoms with van der Waals surface area (Å²) in [6.07, 6.45) is 1.05. The van der Waals surface area contributed by atoms with Crippen LogP contribution in [-0.2, 0) is 12.2 Å². The number of aromatic nitrogens is 2. The highest BCUT2D eigenvalue weighted by Gasteiger charge is 2.05. The molecule has 0 fully saturated rings. The molecule has 1 aromatic heterocycles. The van der Waals surface area contributed by atoms with E-state index < -0.39 is 0 Å². The lowest BCUT2D eigenvalue weighted by atomic mass is 10.1. The molecule has 0 radical (unpaired) electrons. The van der Waals surface area contributed by atoms with Gasteiger partial charge in [0.25, 0.3) is 0 Å². The minimum absolute atomic E-state index is 0.889. The first kappa shape index (κ1) is 16.8. The fourth-order valence-corrected chi connectivity index (χ4v) is 3.85. The molecule has 0 N–H and O–H groups in total. The van der Waals surface area contributed by atoms with Gasteiger partial charge in [0.05, 0.1) is 5.69 Å². The third-order valence-corrected chi connectivity index (χ3v) is 5.52. The summed E-state index contributed by atoms with van der Waals surface area (Å²) < 4.78 is 0. The highest BCUT2D eigenvalue weighted by Crippen LogP contribution is 2.27. The summed E-state index contributed by atoms with van der Waals surface area (Å²) >= 11 is 1.72. The highest BCUT2D eigenvalue weighted by molar-refractivity contribution is 7.98. The van der Waals surface area contributed by atoms with Crippen LogP contribution >= 0.6 is 11.8 Å². The molecule has 0 unspecified atom stereocenters. The van der Waals surface area contributed by atoms with Gasteiger partial charge in [-0.25, -0.2) is 0 Å². The fourth-order valence-electron chi connectivity index (χ4n) is 3.03. The number of nitrogens with zero attached hydrogens (tertiary/aromatic N) is 2. The van der Waals surface area contributed by atoms with E-state index in [1.165, 1.54) is 21.9 Å². The van der Waals surface area contributed by atoms with Crippen LogP contribution in [0.5, 0.6) is 0 Å². The number of fused-ring (bicyclic) bond motifs is 1. The molecule has 3 heteroatoms. The summed E-state index contributed by atoms with van der Waals surface area (Å²) in [5, 5.41) is 12.4. The van der Waals surface area contributed by atoms with Crippen LogP contribution in [0.15, 0.2) is 83.9 Å². The Bertz CT molecular complexity index is 1000. The Balaban J connectivity index is 1.48. The van der Waals surface area contributed by atoms with Gasteiger partial charge in [-0.1, -0.05) is 85.4 Å². The van der Waals surface area contributed by atoms with Gasteiger partial charge in [-0.05, 0) is 40.5 Å². The molecular formula is C23H20N2S. The van der Waals surface area contributed by atoms with Crippen molar-refractivity contribution < 1.29 is 0 Å². The maximum Gasteiger partial charge on any atom is 0.119 e. The highest BCUT2D eigenvalue weighted by atomic mass is 32.2. The molecule has 0 aliphatic rings. The fraction of sp³-hybridized carbons (Fsp3) is 0.130. The van der Waals surface area contributed by atoms with Crippen molar-refractivity contribution in [1.29, 1.82) is 0 Å². The second kappa shape index (κ2) is 7.71. The summed E-state index contributed by atoms with van der Waals surface area (Å²) in [6, 6.07) is 27.6. The smallest absolute Gasteiger partial charge is 0.119 e. The number of aryl methyl sites for hydroxylation is 1. The van der Waals surface area contributed by atoms with Crippen LogP contribution in [0.2, 0.25) is 0 Å². The average molecular weight is 356 g/mol. The lowest BCUT2D eigenvalue weighted by Crippen LogP contribution is -1.91. The summed E-state index contributed by atoms with van der Waals surface area (Å²) in [6.45, 7) is 2.16. The second-order valence-electron chi connectivity index (χ2n) is 6.23. The molecule has 4 aromatic rings. The van der Waals surface area contributed by atoms with Crippen LogP contribution in [0, 0.1) is 0 Å². The van der Waals surface area contributed by atoms with E-state index in [4.69, 9.17) is 0 Å². The van der Waals surface area contributed by atoms with Gasteiger partial charge in [-0.15, -0.1) is 10.2 Å². The van der Waals surface area contributed by atoms with Crippen LogP contribution in [0.3, 0.4) is 0 Å². The van der Waals surface area contributed by atoms with Crippen molar-refractivity contribution in [1.82, 2.24) is 10.2 Å². The lowest BCUT2D eigenvalue weighted by Gasteiger charge is -2.06. The van der Waals surface area contributed by atoms with Crippen LogP contribution in [0.25, 0.3) is 22.0 Å². The minimum Gasteiger partial charge on any atom is -0.149 e. The first-order valence-electron chi connectivity index (χ1n) is 8.86. The van der Waals surface area contributed by atoms with E-state index in [9.17, 15) is 0 Å². The molecule has 1 heterocycles. The summed E-state index contributed by atoms with van der Waals surface area (Å²) in [5.74, 6) is 0.889. The van der Waals surface area contributed by atoms with Gasteiger partial charge in [0.2, 0.25) is 0 Å². The van der Waals surface area contributed by atoms with Gasteiger partial charge in [-0.3, -0.25) is 0 Å². The Hall–Kier alpha value is -2.65. The monoisotopic (exact) mass is 356 g/mol. The molecule has 0 bridgehead atoms. The first-order chi connectivity index (χ1) is 12.8. The predicted molar refractivity (Wildman–Crippen MR) is 110 cm³/mol. The quantitative estimate of drug-likeness (QED) is 0.401. The summed E-state index contributed by atoms with van der Waals surface area (Å²) in [7, 11) is 0. The van der Waals surface area contributed by atoms with Crippen molar-refractivity contribution in [2.24, 2.45) is 0 Å². The van der Waals surface area contributed by atoms with Gasteiger partial charge >= 0.3 is 0 Å². The van der Waals surface area contributed by atoms with Gasteiger partial charge < -0.3 is 0 Å². The van der Waals surface area contributed by atoms with Gasteiger partial charge in [0.1, 0.15) is 5.03 Å². The summed E-state index contributed by atoms with van der Waals surface area (Å²) in [4.78, 5) is 0. The Morgan fingerprint density at radius 1 is 0.769 bits per heavy atom. The number of hydrogen-bond acceptors (Lipinski definition) is 3. The lowest BCUT2D eigenvalue weighted by molar-refractivity contribution is 0.935. The zero-order chi connectivity index (χ0) is 17.8. The van der Waals surface area contributed by atoms with E-state index in [0.717, 1.165) is 28.5 Å². The van der Waals surface area contributed by atoms with Crippen molar-refractivity contribution >= 4 is 22.5 Å². The van der Waals surface area contributed by atoms with Gasteiger partial charge in [-0.2, -0.15) is 0 Å².